The first-order chi connectivity index (χ1) is 11.3. The zero-order valence-corrected chi connectivity index (χ0v) is 14.0. The molecule has 0 radical (unpaired) electrons. The number of carboxylic acid groups (broad SMARTS) is 1. The van der Waals surface area contributed by atoms with Gasteiger partial charge in [-0.05, 0) is 42.7 Å². The number of aryl methyl sites for hydroxylation is 1. The van der Waals surface area contributed by atoms with Gasteiger partial charge in [0.05, 0.1) is 10.6 Å². The van der Waals surface area contributed by atoms with Crippen molar-refractivity contribution < 1.29 is 19.8 Å². The number of anilines is 1. The Hall–Kier alpha value is -2.24. The summed E-state index contributed by atoms with van der Waals surface area (Å²) >= 11 is 11.6. The molecular weight excluding hydrogens is 353 g/mol. The standard InChI is InChI=1S/C17H15Cl2NO4/c18-10-7-13(16(22)14(19)8-10)15(21)12(17(23)24)6-3-9-1-4-11(20)5-2-9/h1-2,4-5,7-8,12,22H,3,6,20H2,(H,23,24). The second-order valence-corrected chi connectivity index (χ2v) is 6.16. The van der Waals surface area contributed by atoms with Gasteiger partial charge in [0.1, 0.15) is 11.7 Å². The average Bonchev–Trinajstić information content (AvgIpc) is 2.52. The molecule has 0 fully saturated rings. The highest BCUT2D eigenvalue weighted by molar-refractivity contribution is 6.36. The lowest BCUT2D eigenvalue weighted by molar-refractivity contribution is -0.140. The second kappa shape index (κ2) is 7.55. The highest BCUT2D eigenvalue weighted by Crippen LogP contribution is 2.33. The third-order valence-electron chi connectivity index (χ3n) is 3.61. The summed E-state index contributed by atoms with van der Waals surface area (Å²) in [6, 6.07) is 9.44. The van der Waals surface area contributed by atoms with Gasteiger partial charge in [0.15, 0.2) is 5.78 Å². The van der Waals surface area contributed by atoms with Crippen molar-refractivity contribution in [2.24, 2.45) is 5.92 Å². The van der Waals surface area contributed by atoms with E-state index in [1.165, 1.54) is 12.1 Å². The van der Waals surface area contributed by atoms with Crippen molar-refractivity contribution in [3.8, 4) is 5.75 Å². The molecule has 0 spiro atoms. The minimum atomic E-state index is -1.32. The van der Waals surface area contributed by atoms with Crippen LogP contribution in [-0.4, -0.2) is 22.0 Å². The first kappa shape index (κ1) is 18.1. The Morgan fingerprint density at radius 3 is 2.33 bits per heavy atom. The molecule has 5 nitrogen and oxygen atoms in total. The van der Waals surface area contributed by atoms with Crippen LogP contribution in [0.3, 0.4) is 0 Å². The van der Waals surface area contributed by atoms with E-state index in [9.17, 15) is 19.8 Å². The number of phenols is 1. The zero-order chi connectivity index (χ0) is 17.9. The van der Waals surface area contributed by atoms with Crippen LogP contribution in [-0.2, 0) is 11.2 Å². The van der Waals surface area contributed by atoms with Gasteiger partial charge in [0, 0.05) is 10.7 Å². The molecule has 1 unspecified atom stereocenters. The van der Waals surface area contributed by atoms with Crippen LogP contribution < -0.4 is 5.73 Å². The predicted molar refractivity (Wildman–Crippen MR) is 92.8 cm³/mol. The number of aliphatic carboxylic acids is 1. The highest BCUT2D eigenvalue weighted by Gasteiger charge is 2.29. The molecule has 0 aliphatic heterocycles. The third-order valence-corrected chi connectivity index (χ3v) is 4.12. The number of benzene rings is 2. The Morgan fingerprint density at radius 2 is 1.75 bits per heavy atom. The third kappa shape index (κ3) is 4.19. The molecule has 4 N–H and O–H groups in total. The first-order valence-electron chi connectivity index (χ1n) is 7.09. The molecule has 0 aromatic heterocycles. The molecule has 2 aromatic carbocycles. The monoisotopic (exact) mass is 367 g/mol. The zero-order valence-electron chi connectivity index (χ0n) is 12.5. The Bertz CT molecular complexity index is 775. The number of Topliss-reactive ketones (excluding diaryl/α,β-unsaturated/α-hetero) is 1. The number of aromatic hydroxyl groups is 1. The van der Waals surface area contributed by atoms with Crippen LogP contribution in [0.5, 0.6) is 5.75 Å². The van der Waals surface area contributed by atoms with Gasteiger partial charge >= 0.3 is 5.97 Å². The van der Waals surface area contributed by atoms with Gasteiger partial charge in [-0.25, -0.2) is 0 Å². The predicted octanol–water partition coefficient (Wildman–Crippen LogP) is 3.80. The van der Waals surface area contributed by atoms with Gasteiger partial charge in [-0.2, -0.15) is 0 Å². The maximum atomic E-state index is 12.5. The first-order valence-corrected chi connectivity index (χ1v) is 7.84. The lowest BCUT2D eigenvalue weighted by Crippen LogP contribution is -2.24. The maximum absolute atomic E-state index is 12.5. The molecule has 1 atom stereocenters. The fraction of sp³-hybridized carbons (Fsp3) is 0.176. The van der Waals surface area contributed by atoms with E-state index in [1.54, 1.807) is 24.3 Å². The summed E-state index contributed by atoms with van der Waals surface area (Å²) in [5.74, 6) is -3.79. The summed E-state index contributed by atoms with van der Waals surface area (Å²) in [5, 5.41) is 19.3. The molecular formula is C17H15Cl2NO4. The fourth-order valence-electron chi connectivity index (χ4n) is 2.30. The van der Waals surface area contributed by atoms with Crippen LogP contribution in [0.25, 0.3) is 0 Å². The van der Waals surface area contributed by atoms with Crippen molar-refractivity contribution >= 4 is 40.6 Å². The number of ketones is 1. The largest absolute Gasteiger partial charge is 0.506 e. The summed E-state index contributed by atoms with van der Waals surface area (Å²) in [5.41, 5.74) is 6.86. The Balaban J connectivity index is 2.22. The van der Waals surface area contributed by atoms with Crippen molar-refractivity contribution in [3.05, 3.63) is 57.6 Å². The average molecular weight is 368 g/mol. The summed E-state index contributed by atoms with van der Waals surface area (Å²) in [6.07, 6.45) is 0.444. The summed E-state index contributed by atoms with van der Waals surface area (Å²) in [4.78, 5) is 24.0. The number of phenolic OH excluding ortho intramolecular Hbond substituents is 1. The van der Waals surface area contributed by atoms with Gasteiger partial charge in [-0.1, -0.05) is 35.3 Å². The van der Waals surface area contributed by atoms with Gasteiger partial charge in [-0.15, -0.1) is 0 Å². The Labute approximate surface area is 148 Å². The minimum Gasteiger partial charge on any atom is -0.506 e. The number of nitrogen functional groups attached to an aromatic ring is 1. The van der Waals surface area contributed by atoms with Crippen LogP contribution in [0.15, 0.2) is 36.4 Å². The lowest BCUT2D eigenvalue weighted by atomic mass is 9.91. The summed E-state index contributed by atoms with van der Waals surface area (Å²) < 4.78 is 0. The van der Waals surface area contributed by atoms with Crippen molar-refractivity contribution in [2.45, 2.75) is 12.8 Å². The van der Waals surface area contributed by atoms with E-state index in [4.69, 9.17) is 28.9 Å². The second-order valence-electron chi connectivity index (χ2n) is 5.32. The van der Waals surface area contributed by atoms with Gasteiger partial charge in [-0.3, -0.25) is 9.59 Å². The molecule has 2 aromatic rings. The number of hydrogen-bond acceptors (Lipinski definition) is 4. The molecule has 126 valence electrons. The fourth-order valence-corrected chi connectivity index (χ4v) is 2.80. The van der Waals surface area contributed by atoms with E-state index in [0.29, 0.717) is 12.1 Å². The molecule has 0 saturated heterocycles. The van der Waals surface area contributed by atoms with Crippen LogP contribution in [0.4, 0.5) is 5.69 Å². The number of carbonyl (C=O) groups excluding carboxylic acids is 1. The smallest absolute Gasteiger partial charge is 0.314 e. The Morgan fingerprint density at radius 1 is 1.12 bits per heavy atom. The minimum absolute atomic E-state index is 0.0711. The maximum Gasteiger partial charge on any atom is 0.314 e. The molecule has 2 rings (SSSR count). The van der Waals surface area contributed by atoms with Crippen molar-refractivity contribution in [3.63, 3.8) is 0 Å². The van der Waals surface area contributed by atoms with E-state index in [-0.39, 0.29) is 22.0 Å². The summed E-state index contributed by atoms with van der Waals surface area (Å²) in [7, 11) is 0. The molecule has 24 heavy (non-hydrogen) atoms. The summed E-state index contributed by atoms with van der Waals surface area (Å²) in [6.45, 7) is 0. The van der Waals surface area contributed by atoms with E-state index in [1.807, 2.05) is 0 Å². The van der Waals surface area contributed by atoms with Crippen LogP contribution in [0.2, 0.25) is 10.0 Å². The molecule has 0 heterocycles. The number of carbonyl (C=O) groups is 2. The van der Waals surface area contributed by atoms with E-state index in [2.05, 4.69) is 0 Å². The number of rotatable bonds is 6. The van der Waals surface area contributed by atoms with E-state index >= 15 is 0 Å². The number of nitrogens with two attached hydrogens (primary N) is 1. The number of halogens is 2. The number of hydrogen-bond donors (Lipinski definition) is 3. The van der Waals surface area contributed by atoms with E-state index < -0.39 is 23.4 Å². The molecule has 0 bridgehead atoms. The van der Waals surface area contributed by atoms with E-state index in [0.717, 1.165) is 5.56 Å². The normalized spacial score (nSPS) is 11.9. The van der Waals surface area contributed by atoms with Crippen LogP contribution >= 0.6 is 23.2 Å². The van der Waals surface area contributed by atoms with Crippen LogP contribution in [0.1, 0.15) is 22.3 Å². The van der Waals surface area contributed by atoms with Crippen LogP contribution in [0, 0.1) is 5.92 Å². The van der Waals surface area contributed by atoms with Gasteiger partial charge in [0.2, 0.25) is 0 Å². The molecule has 0 amide bonds. The quantitative estimate of drug-likeness (QED) is 0.409. The Kier molecular flexibility index (Phi) is 5.70. The van der Waals surface area contributed by atoms with Crippen molar-refractivity contribution in [1.29, 1.82) is 0 Å². The highest BCUT2D eigenvalue weighted by atomic mass is 35.5. The topological polar surface area (TPSA) is 101 Å². The SMILES string of the molecule is Nc1ccc(CCC(C(=O)O)C(=O)c2cc(Cl)cc(Cl)c2O)cc1. The van der Waals surface area contributed by atoms with Gasteiger partial charge in [0.25, 0.3) is 0 Å². The van der Waals surface area contributed by atoms with Crippen molar-refractivity contribution in [2.75, 3.05) is 5.73 Å². The molecule has 0 aliphatic carbocycles. The number of carboxylic acids is 1. The molecule has 0 aliphatic rings. The van der Waals surface area contributed by atoms with Gasteiger partial charge < -0.3 is 15.9 Å². The van der Waals surface area contributed by atoms with Crippen molar-refractivity contribution in [1.82, 2.24) is 0 Å². The molecule has 0 saturated carbocycles. The molecule has 7 heteroatoms. The lowest BCUT2D eigenvalue weighted by Gasteiger charge is -2.13.